The molecule has 1 saturated carbocycles. The summed E-state index contributed by atoms with van der Waals surface area (Å²) in [7, 11) is 0. The van der Waals surface area contributed by atoms with Crippen LogP contribution in [0.5, 0.6) is 0 Å². The molecule has 0 bridgehead atoms. The molecule has 1 fully saturated rings. The fourth-order valence-electron chi connectivity index (χ4n) is 2.11. The van der Waals surface area contributed by atoms with Crippen LogP contribution in [0.4, 0.5) is 0 Å². The average Bonchev–Trinajstić information content (AvgIpc) is 2.05. The van der Waals surface area contributed by atoms with E-state index in [1.807, 2.05) is 0 Å². The summed E-state index contributed by atoms with van der Waals surface area (Å²) in [6.07, 6.45) is 9.95. The Morgan fingerprint density at radius 1 is 1.17 bits per heavy atom. The normalized spacial score (nSPS) is 32.5. The molecule has 1 aliphatic carbocycles. The van der Waals surface area contributed by atoms with Gasteiger partial charge in [-0.05, 0) is 18.8 Å². The lowest BCUT2D eigenvalue weighted by Crippen LogP contribution is -2.22. The summed E-state index contributed by atoms with van der Waals surface area (Å²) in [5.41, 5.74) is 0. The number of hydrogen-bond acceptors (Lipinski definition) is 1. The maximum Gasteiger partial charge on any atom is 0.0172 e. The van der Waals surface area contributed by atoms with Crippen molar-refractivity contribution < 1.29 is 0 Å². The van der Waals surface area contributed by atoms with Gasteiger partial charge in [0.25, 0.3) is 0 Å². The Kier molecular flexibility index (Phi) is 5.56. The van der Waals surface area contributed by atoms with Crippen molar-refractivity contribution >= 4 is 22.9 Å². The highest BCUT2D eigenvalue weighted by molar-refractivity contribution is 14.1. The monoisotopic (exact) mass is 281 g/mol. The Morgan fingerprint density at radius 2 is 1.75 bits per heavy atom. The third-order valence-electron chi connectivity index (χ3n) is 3.06. The number of hydrogen-bond donors (Lipinski definition) is 1. The minimum Gasteiger partial charge on any atom is -0.258 e. The first-order chi connectivity index (χ1) is 5.86. The van der Waals surface area contributed by atoms with Crippen molar-refractivity contribution in [3.05, 3.63) is 0 Å². The topological polar surface area (TPSA) is 12.0 Å². The van der Waals surface area contributed by atoms with Crippen LogP contribution in [0.3, 0.4) is 0 Å². The maximum atomic E-state index is 3.37. The summed E-state index contributed by atoms with van der Waals surface area (Å²) < 4.78 is 3.37. The molecule has 1 aliphatic rings. The molecular weight excluding hydrogens is 261 g/mol. The fraction of sp³-hybridized carbons (Fsp3) is 1.00. The first-order valence-electron chi connectivity index (χ1n) is 5.23. The van der Waals surface area contributed by atoms with Gasteiger partial charge in [-0.25, -0.2) is 0 Å². The molecule has 1 nitrogen and oxygen atoms in total. The van der Waals surface area contributed by atoms with Gasteiger partial charge >= 0.3 is 0 Å². The highest BCUT2D eigenvalue weighted by Crippen LogP contribution is 2.24. The van der Waals surface area contributed by atoms with E-state index in [-0.39, 0.29) is 0 Å². The van der Waals surface area contributed by atoms with Gasteiger partial charge in [-0.2, -0.15) is 0 Å². The van der Waals surface area contributed by atoms with Gasteiger partial charge < -0.3 is 0 Å². The third-order valence-corrected chi connectivity index (χ3v) is 3.94. The Balaban J connectivity index is 2.24. The van der Waals surface area contributed by atoms with Gasteiger partial charge in [0.15, 0.2) is 0 Å². The Labute approximate surface area is 90.2 Å². The predicted octanol–water partition coefficient (Wildman–Crippen LogP) is 3.68. The van der Waals surface area contributed by atoms with Crippen LogP contribution in [0, 0.1) is 5.92 Å². The number of rotatable bonds is 2. The summed E-state index contributed by atoms with van der Waals surface area (Å²) in [6, 6.07) is 0.795. The van der Waals surface area contributed by atoms with Gasteiger partial charge in [0.05, 0.1) is 0 Å². The van der Waals surface area contributed by atoms with Crippen LogP contribution in [0.15, 0.2) is 0 Å². The zero-order chi connectivity index (χ0) is 8.81. The van der Waals surface area contributed by atoms with E-state index >= 15 is 0 Å². The smallest absolute Gasteiger partial charge is 0.0172 e. The molecule has 0 unspecified atom stereocenters. The zero-order valence-electron chi connectivity index (χ0n) is 7.98. The van der Waals surface area contributed by atoms with Crippen molar-refractivity contribution in [2.75, 3.05) is 0 Å². The molecule has 0 amide bonds. The fourth-order valence-corrected chi connectivity index (χ4v) is 2.73. The lowest BCUT2D eigenvalue weighted by molar-refractivity contribution is 0.346. The van der Waals surface area contributed by atoms with Crippen molar-refractivity contribution in [3.8, 4) is 0 Å². The van der Waals surface area contributed by atoms with Crippen LogP contribution in [0.1, 0.15) is 51.9 Å². The van der Waals surface area contributed by atoms with Crippen LogP contribution in [0.25, 0.3) is 0 Å². The SMILES string of the molecule is CCC1CCCC(NI)CCC1. The molecule has 0 heterocycles. The van der Waals surface area contributed by atoms with Gasteiger partial charge in [-0.3, -0.25) is 3.53 Å². The second-order valence-electron chi connectivity index (χ2n) is 3.94. The first-order valence-corrected chi connectivity index (χ1v) is 6.30. The lowest BCUT2D eigenvalue weighted by atomic mass is 9.88. The van der Waals surface area contributed by atoms with Crippen LogP contribution in [-0.4, -0.2) is 6.04 Å². The van der Waals surface area contributed by atoms with E-state index in [4.69, 9.17) is 0 Å². The lowest BCUT2D eigenvalue weighted by Gasteiger charge is -2.22. The predicted molar refractivity (Wildman–Crippen MR) is 62.4 cm³/mol. The Hall–Kier alpha value is 0.690. The second kappa shape index (κ2) is 6.19. The molecule has 1 rings (SSSR count). The quantitative estimate of drug-likeness (QED) is 0.601. The Morgan fingerprint density at radius 3 is 2.17 bits per heavy atom. The number of nitrogens with one attached hydrogen (secondary N) is 1. The van der Waals surface area contributed by atoms with Gasteiger partial charge in [0.2, 0.25) is 0 Å². The Bertz CT molecular complexity index is 94.4. The molecule has 0 radical (unpaired) electrons. The molecule has 0 aromatic heterocycles. The highest BCUT2D eigenvalue weighted by atomic mass is 127. The molecule has 12 heavy (non-hydrogen) atoms. The maximum absolute atomic E-state index is 3.37. The molecule has 0 aromatic carbocycles. The standard InChI is InChI=1S/C10H20IN/c1-2-9-5-3-7-10(12-11)8-4-6-9/h9-10,12H,2-8H2,1H3. The highest BCUT2D eigenvalue weighted by Gasteiger charge is 2.14. The van der Waals surface area contributed by atoms with E-state index in [0.717, 1.165) is 12.0 Å². The molecule has 0 saturated heterocycles. The van der Waals surface area contributed by atoms with Crippen LogP contribution < -0.4 is 3.53 Å². The molecule has 72 valence electrons. The first kappa shape index (κ1) is 10.8. The summed E-state index contributed by atoms with van der Waals surface area (Å²) in [5.74, 6) is 1.03. The molecule has 1 N–H and O–H groups in total. The summed E-state index contributed by atoms with van der Waals surface area (Å²) in [6.45, 7) is 2.33. The average molecular weight is 281 g/mol. The van der Waals surface area contributed by atoms with E-state index in [1.165, 1.54) is 44.9 Å². The van der Waals surface area contributed by atoms with Crippen molar-refractivity contribution in [2.24, 2.45) is 5.92 Å². The van der Waals surface area contributed by atoms with Gasteiger partial charge in [0.1, 0.15) is 0 Å². The largest absolute Gasteiger partial charge is 0.258 e. The minimum atomic E-state index is 0.795. The van der Waals surface area contributed by atoms with Crippen molar-refractivity contribution in [1.82, 2.24) is 3.53 Å². The third kappa shape index (κ3) is 3.60. The molecule has 2 heteroatoms. The van der Waals surface area contributed by atoms with Crippen LogP contribution in [-0.2, 0) is 0 Å². The molecule has 0 spiro atoms. The van der Waals surface area contributed by atoms with E-state index in [9.17, 15) is 0 Å². The van der Waals surface area contributed by atoms with E-state index in [1.54, 1.807) is 0 Å². The van der Waals surface area contributed by atoms with Gasteiger partial charge in [0, 0.05) is 28.9 Å². The van der Waals surface area contributed by atoms with Crippen LogP contribution in [0.2, 0.25) is 0 Å². The summed E-state index contributed by atoms with van der Waals surface area (Å²) in [4.78, 5) is 0. The molecular formula is C10H20IN. The zero-order valence-corrected chi connectivity index (χ0v) is 10.1. The second-order valence-corrected chi connectivity index (χ2v) is 4.56. The van der Waals surface area contributed by atoms with E-state index in [0.29, 0.717) is 0 Å². The molecule has 0 aromatic rings. The van der Waals surface area contributed by atoms with Crippen LogP contribution >= 0.6 is 22.9 Å². The van der Waals surface area contributed by atoms with Gasteiger partial charge in [-0.15, -0.1) is 0 Å². The molecule has 0 atom stereocenters. The van der Waals surface area contributed by atoms with Gasteiger partial charge in [-0.1, -0.05) is 39.0 Å². The van der Waals surface area contributed by atoms with E-state index in [2.05, 4.69) is 33.3 Å². The van der Waals surface area contributed by atoms with Crippen molar-refractivity contribution in [3.63, 3.8) is 0 Å². The minimum absolute atomic E-state index is 0.795. The van der Waals surface area contributed by atoms with Crippen molar-refractivity contribution in [1.29, 1.82) is 0 Å². The molecule has 0 aliphatic heterocycles. The summed E-state index contributed by atoms with van der Waals surface area (Å²) >= 11 is 2.30. The number of halogens is 1. The summed E-state index contributed by atoms with van der Waals surface area (Å²) in [5, 5.41) is 0. The van der Waals surface area contributed by atoms with E-state index < -0.39 is 0 Å². The van der Waals surface area contributed by atoms with Crippen molar-refractivity contribution in [2.45, 2.75) is 57.9 Å².